The highest BCUT2D eigenvalue weighted by Gasteiger charge is 1.98. The smallest absolute Gasteiger partial charge is 0.0155 e. The van der Waals surface area contributed by atoms with E-state index in [1.807, 2.05) is 12.1 Å². The van der Waals surface area contributed by atoms with Gasteiger partial charge in [-0.3, -0.25) is 0 Å². The predicted molar refractivity (Wildman–Crippen MR) is 113 cm³/mol. The van der Waals surface area contributed by atoms with Gasteiger partial charge in [-0.05, 0) is 41.7 Å². The first-order valence-electron chi connectivity index (χ1n) is 8.97. The maximum atomic E-state index is 2.16. The average Bonchev–Trinajstić information content (AvgIpc) is 2.71. The fourth-order valence-electron chi connectivity index (χ4n) is 2.89. The molecular formula is C26H24. The molecule has 0 saturated carbocycles. The average molecular weight is 336 g/mol. The molecule has 4 aromatic carbocycles. The number of aryl methyl sites for hydroxylation is 2. The van der Waals surface area contributed by atoms with E-state index in [9.17, 15) is 0 Å². The first kappa shape index (κ1) is 17.7. The first-order chi connectivity index (χ1) is 12.7. The lowest BCUT2D eigenvalue weighted by Crippen LogP contribution is -1.80. The molecule has 0 aliphatic rings. The third-order valence-electron chi connectivity index (χ3n) is 4.39. The summed E-state index contributed by atoms with van der Waals surface area (Å²) in [5.41, 5.74) is 7.81. The second-order valence-corrected chi connectivity index (χ2v) is 6.41. The fraction of sp³-hybridized carbons (Fsp3) is 0.0769. The molecule has 0 aromatic heterocycles. The minimum absolute atomic E-state index is 1.28. The molecule has 4 rings (SSSR count). The Hall–Kier alpha value is -3.12. The lowest BCUT2D eigenvalue weighted by molar-refractivity contribution is 1.46. The molecule has 0 N–H and O–H groups in total. The van der Waals surface area contributed by atoms with Crippen LogP contribution >= 0.6 is 0 Å². The summed E-state index contributed by atoms with van der Waals surface area (Å²) in [6, 6.07) is 37.9. The van der Waals surface area contributed by atoms with E-state index in [4.69, 9.17) is 0 Å². The van der Waals surface area contributed by atoms with E-state index >= 15 is 0 Å². The zero-order chi connectivity index (χ0) is 18.2. The highest BCUT2D eigenvalue weighted by molar-refractivity contribution is 5.66. The van der Waals surface area contributed by atoms with Gasteiger partial charge in [-0.2, -0.15) is 0 Å². The van der Waals surface area contributed by atoms with Crippen molar-refractivity contribution >= 4 is 0 Å². The van der Waals surface area contributed by atoms with Crippen molar-refractivity contribution in [1.29, 1.82) is 0 Å². The van der Waals surface area contributed by atoms with Gasteiger partial charge in [0.25, 0.3) is 0 Å². The molecule has 0 bridgehead atoms. The van der Waals surface area contributed by atoms with Gasteiger partial charge in [-0.15, -0.1) is 0 Å². The van der Waals surface area contributed by atoms with Gasteiger partial charge in [0.05, 0.1) is 0 Å². The molecule has 0 atom stereocenters. The highest BCUT2D eigenvalue weighted by atomic mass is 14.0. The third-order valence-corrected chi connectivity index (χ3v) is 4.39. The summed E-state index contributed by atoms with van der Waals surface area (Å²) in [4.78, 5) is 0. The van der Waals surface area contributed by atoms with Crippen LogP contribution in [0, 0.1) is 13.8 Å². The van der Waals surface area contributed by atoms with E-state index in [1.54, 1.807) is 0 Å². The van der Waals surface area contributed by atoms with E-state index in [0.29, 0.717) is 0 Å². The second kappa shape index (κ2) is 8.82. The van der Waals surface area contributed by atoms with Gasteiger partial charge in [0.1, 0.15) is 0 Å². The van der Waals surface area contributed by atoms with Gasteiger partial charge in [-0.1, -0.05) is 115 Å². The maximum absolute atomic E-state index is 2.16. The van der Waals surface area contributed by atoms with Crippen LogP contribution in [0.3, 0.4) is 0 Å². The monoisotopic (exact) mass is 336 g/mol. The molecule has 0 aliphatic carbocycles. The van der Waals surface area contributed by atoms with Gasteiger partial charge in [0, 0.05) is 0 Å². The first-order valence-corrected chi connectivity index (χ1v) is 8.97. The Morgan fingerprint density at radius 3 is 1.42 bits per heavy atom. The SMILES string of the molecule is Cc1ccc(-c2ccccc2)cc1.Cc1ccccc1-c1ccccc1. The van der Waals surface area contributed by atoms with Crippen LogP contribution in [0.1, 0.15) is 11.1 Å². The largest absolute Gasteiger partial charge is 0.0622 e. The van der Waals surface area contributed by atoms with E-state index < -0.39 is 0 Å². The summed E-state index contributed by atoms with van der Waals surface area (Å²) >= 11 is 0. The van der Waals surface area contributed by atoms with Gasteiger partial charge in [0.15, 0.2) is 0 Å². The van der Waals surface area contributed by atoms with Crippen LogP contribution in [0.5, 0.6) is 0 Å². The molecule has 0 heteroatoms. The molecule has 0 heterocycles. The van der Waals surface area contributed by atoms with E-state index in [-0.39, 0.29) is 0 Å². The minimum atomic E-state index is 1.28. The molecule has 0 unspecified atom stereocenters. The van der Waals surface area contributed by atoms with Crippen LogP contribution in [0.2, 0.25) is 0 Å². The predicted octanol–water partition coefficient (Wildman–Crippen LogP) is 7.32. The van der Waals surface area contributed by atoms with Crippen LogP contribution in [0.15, 0.2) is 109 Å². The molecule has 0 saturated heterocycles. The minimum Gasteiger partial charge on any atom is -0.0622 e. The van der Waals surface area contributed by atoms with Crippen LogP contribution in [0.4, 0.5) is 0 Å². The van der Waals surface area contributed by atoms with Crippen molar-refractivity contribution in [2.45, 2.75) is 13.8 Å². The van der Waals surface area contributed by atoms with Gasteiger partial charge in [0.2, 0.25) is 0 Å². The van der Waals surface area contributed by atoms with Crippen LogP contribution in [0.25, 0.3) is 22.3 Å². The number of hydrogen-bond donors (Lipinski definition) is 0. The lowest BCUT2D eigenvalue weighted by atomic mass is 10.0. The third kappa shape index (κ3) is 4.70. The lowest BCUT2D eigenvalue weighted by Gasteiger charge is -2.04. The Balaban J connectivity index is 0.000000151. The quantitative estimate of drug-likeness (QED) is 0.359. The van der Waals surface area contributed by atoms with Crippen molar-refractivity contribution in [3.63, 3.8) is 0 Å². The van der Waals surface area contributed by atoms with E-state index in [2.05, 4.69) is 111 Å². The summed E-state index contributed by atoms with van der Waals surface area (Å²) < 4.78 is 0. The number of hydrogen-bond acceptors (Lipinski definition) is 0. The Bertz CT molecular complexity index is 920. The Kier molecular flexibility index (Phi) is 6.01. The van der Waals surface area contributed by atoms with E-state index in [1.165, 1.54) is 33.4 Å². The molecule has 0 fully saturated rings. The summed E-state index contributed by atoms with van der Waals surface area (Å²) in [7, 11) is 0. The molecule has 0 spiro atoms. The summed E-state index contributed by atoms with van der Waals surface area (Å²) in [5.74, 6) is 0. The molecule has 4 aromatic rings. The molecule has 0 amide bonds. The molecule has 128 valence electrons. The fourth-order valence-corrected chi connectivity index (χ4v) is 2.89. The second-order valence-electron chi connectivity index (χ2n) is 6.41. The van der Waals surface area contributed by atoms with Gasteiger partial charge < -0.3 is 0 Å². The van der Waals surface area contributed by atoms with Crippen molar-refractivity contribution in [3.8, 4) is 22.3 Å². The van der Waals surface area contributed by atoms with Crippen molar-refractivity contribution in [2.75, 3.05) is 0 Å². The Morgan fingerprint density at radius 1 is 0.385 bits per heavy atom. The van der Waals surface area contributed by atoms with Crippen molar-refractivity contribution in [2.24, 2.45) is 0 Å². The van der Waals surface area contributed by atoms with Gasteiger partial charge >= 0.3 is 0 Å². The molecule has 0 aliphatic heterocycles. The number of rotatable bonds is 2. The molecule has 26 heavy (non-hydrogen) atoms. The Labute approximate surface area is 156 Å². The van der Waals surface area contributed by atoms with Crippen LogP contribution in [-0.4, -0.2) is 0 Å². The zero-order valence-electron chi connectivity index (χ0n) is 15.4. The molecule has 0 radical (unpaired) electrons. The molecule has 0 nitrogen and oxygen atoms in total. The normalized spacial score (nSPS) is 9.92. The van der Waals surface area contributed by atoms with Crippen molar-refractivity contribution < 1.29 is 0 Å². The summed E-state index contributed by atoms with van der Waals surface area (Å²) in [5, 5.41) is 0. The summed E-state index contributed by atoms with van der Waals surface area (Å²) in [6.07, 6.45) is 0. The standard InChI is InChI=1S/2C13H12/c1-11-7-5-6-10-13(11)12-8-3-2-4-9-12;1-11-7-9-13(10-8-11)12-5-3-2-4-6-12/h2*2-10H,1H3. The van der Waals surface area contributed by atoms with Crippen molar-refractivity contribution in [3.05, 3.63) is 120 Å². The van der Waals surface area contributed by atoms with Gasteiger partial charge in [-0.25, -0.2) is 0 Å². The molecular weight excluding hydrogens is 312 g/mol. The highest BCUT2D eigenvalue weighted by Crippen LogP contribution is 2.22. The zero-order valence-corrected chi connectivity index (χ0v) is 15.4. The maximum Gasteiger partial charge on any atom is -0.0155 e. The summed E-state index contributed by atoms with van der Waals surface area (Å²) in [6.45, 7) is 4.25. The topological polar surface area (TPSA) is 0 Å². The van der Waals surface area contributed by atoms with E-state index in [0.717, 1.165) is 0 Å². The number of benzene rings is 4. The van der Waals surface area contributed by atoms with Crippen molar-refractivity contribution in [1.82, 2.24) is 0 Å². The Morgan fingerprint density at radius 2 is 0.846 bits per heavy atom. The van der Waals surface area contributed by atoms with Crippen LogP contribution in [-0.2, 0) is 0 Å². The van der Waals surface area contributed by atoms with Crippen LogP contribution < -0.4 is 0 Å².